The average molecular weight is 1410 g/mol. The molecule has 0 unspecified atom stereocenters. The highest BCUT2D eigenvalue weighted by atomic mass is 32.2. The first-order valence-electron chi connectivity index (χ1n) is 32.9. The van der Waals surface area contributed by atoms with E-state index in [-0.39, 0.29) is 186 Å². The molecule has 2 heterocycles. The van der Waals surface area contributed by atoms with Gasteiger partial charge in [0.15, 0.2) is 0 Å². The first-order chi connectivity index (χ1) is 47.6. The van der Waals surface area contributed by atoms with Crippen molar-refractivity contribution in [2.45, 2.75) is 74.2 Å². The quantitative estimate of drug-likeness (QED) is 0.0145. The summed E-state index contributed by atoms with van der Waals surface area (Å²) in [5, 5.41) is 30.7. The average Bonchev–Trinajstić information content (AvgIpc) is 1.69. The molecule has 2 rings (SSSR count). The maximum absolute atomic E-state index is 13.7. The number of carbonyl (C=O) groups is 6. The normalized spacial score (nSPS) is 15.2. The van der Waals surface area contributed by atoms with Crippen molar-refractivity contribution in [3.8, 4) is 0 Å². The Balaban J connectivity index is 1.85. The summed E-state index contributed by atoms with van der Waals surface area (Å²) in [5.41, 5.74) is 23.6. The van der Waals surface area contributed by atoms with Crippen molar-refractivity contribution >= 4 is 47.3 Å². The molecule has 39 heteroatoms. The number of nitrogens with one attached hydrogen (secondary N) is 7. The summed E-state index contributed by atoms with van der Waals surface area (Å²) in [6.07, 6.45) is 2.88. The molecule has 7 N–H and O–H groups in total. The van der Waals surface area contributed by atoms with E-state index in [4.69, 9.17) is 92.4 Å². The number of amides is 7. The molecule has 3 atom stereocenters. The van der Waals surface area contributed by atoms with E-state index in [9.17, 15) is 28.8 Å². The number of urea groups is 1. The van der Waals surface area contributed by atoms with Crippen molar-refractivity contribution in [3.63, 3.8) is 0 Å². The lowest BCUT2D eigenvalue weighted by molar-refractivity contribution is -0.131. The van der Waals surface area contributed by atoms with Gasteiger partial charge in [-0.3, -0.25) is 24.0 Å². The lowest BCUT2D eigenvalue weighted by Gasteiger charge is -2.34. The van der Waals surface area contributed by atoms with Crippen LogP contribution in [0.25, 0.3) is 31.3 Å². The van der Waals surface area contributed by atoms with Gasteiger partial charge in [-0.15, -0.1) is 0 Å². The Morgan fingerprint density at radius 1 is 0.392 bits per heavy atom. The van der Waals surface area contributed by atoms with Gasteiger partial charge in [-0.05, 0) is 29.4 Å². The van der Waals surface area contributed by atoms with Crippen LogP contribution in [0.4, 0.5) is 4.79 Å². The minimum Gasteiger partial charge on any atom is -0.379 e. The number of unbranched alkanes of at least 4 members (excludes halogenated alkanes) is 1. The zero-order valence-electron chi connectivity index (χ0n) is 56.1. The highest BCUT2D eigenvalue weighted by molar-refractivity contribution is 8.00. The van der Waals surface area contributed by atoms with Crippen molar-refractivity contribution in [1.82, 2.24) is 37.2 Å². The van der Waals surface area contributed by atoms with E-state index in [1.807, 2.05) is 11.8 Å². The smallest absolute Gasteiger partial charge is 0.315 e. The predicted octanol–water partition coefficient (Wildman–Crippen LogP) is 0.789. The molecular formula is C58H106N16O22S. The van der Waals surface area contributed by atoms with Crippen LogP contribution in [0.3, 0.4) is 0 Å². The number of ether oxygens (including phenoxy) is 16. The maximum Gasteiger partial charge on any atom is 0.315 e. The minimum atomic E-state index is -1.38. The van der Waals surface area contributed by atoms with Crippen molar-refractivity contribution in [1.29, 1.82) is 0 Å². The lowest BCUT2D eigenvalue weighted by atomic mass is 10.0. The van der Waals surface area contributed by atoms with Crippen LogP contribution in [-0.2, 0) is 99.8 Å². The summed E-state index contributed by atoms with van der Waals surface area (Å²) >= 11 is 1.87. The fourth-order valence-electron chi connectivity index (χ4n) is 8.57. The molecule has 38 nitrogen and oxygen atoms in total. The standard InChI is InChI=1S/C58H106N16O22S/c59-72-66-13-24-86-32-40-90-36-28-83-21-10-63-52(76)5-17-94-46-58(47-95-18-6-53(77)64-11-22-84-29-37-91-41-33-87-25-14-67-73-60,48-96-19-7-54(78)65-12-23-85-30-38-92-42-34-88-26-15-68-74-61)71-55(79)8-16-81-27-35-89-43-44-93-39-31-82-20-9-62-51(75)4-2-1-3-50-56-49(45-97-50)69-57(80)70-56/h49-50,56H,1-48H2,(H,62,75)(H,63,76)(H,64,77)(H,65,78)(H,71,79)(H2,69,70,80)/t49-,50-,56-/m0/s1. The van der Waals surface area contributed by atoms with Crippen LogP contribution in [0.15, 0.2) is 15.3 Å². The SMILES string of the molecule is [N-]=[N+]=NCCOCCOCCOCCNC(=O)CCOCC(COCCC(=O)NCCOCCOCCOCCN=[N+]=[N-])(COCCC(=O)NCCOCCOCCOCCN=[N+]=[N-])NC(=O)CCOCCOCCOCCOCCNC(=O)CCCC[C@@H]1SC[C@@H]2NC(=O)N[C@@H]21. The number of thioether (sulfide) groups is 1. The summed E-state index contributed by atoms with van der Waals surface area (Å²) in [6, 6.07) is 0.263. The topological polar surface area (TPSA) is 481 Å². The Hall–Kier alpha value is -5.74. The van der Waals surface area contributed by atoms with Crippen LogP contribution >= 0.6 is 11.8 Å². The molecule has 97 heavy (non-hydrogen) atoms. The van der Waals surface area contributed by atoms with Gasteiger partial charge in [0.2, 0.25) is 29.5 Å². The number of hydrogen-bond donors (Lipinski definition) is 7. The third-order valence-electron chi connectivity index (χ3n) is 13.3. The van der Waals surface area contributed by atoms with E-state index in [1.165, 1.54) is 0 Å². The van der Waals surface area contributed by atoms with Crippen LogP contribution in [0, 0.1) is 0 Å². The van der Waals surface area contributed by atoms with E-state index in [2.05, 4.69) is 67.3 Å². The largest absolute Gasteiger partial charge is 0.379 e. The zero-order chi connectivity index (χ0) is 69.9. The van der Waals surface area contributed by atoms with Gasteiger partial charge in [0.1, 0.15) is 5.54 Å². The van der Waals surface area contributed by atoms with Crippen LogP contribution in [-0.4, -0.2) is 321 Å². The third kappa shape index (κ3) is 53.9. The van der Waals surface area contributed by atoms with Crippen molar-refractivity contribution < 1.29 is 105 Å². The molecule has 0 bridgehead atoms. The predicted molar refractivity (Wildman–Crippen MR) is 350 cm³/mol. The molecule has 2 aliphatic rings. The molecule has 0 aliphatic carbocycles. The van der Waals surface area contributed by atoms with Gasteiger partial charge in [0.05, 0.1) is 224 Å². The Morgan fingerprint density at radius 2 is 0.691 bits per heavy atom. The molecule has 0 saturated carbocycles. The molecule has 0 aromatic heterocycles. The Morgan fingerprint density at radius 3 is 1.04 bits per heavy atom. The van der Waals surface area contributed by atoms with E-state index in [1.54, 1.807) is 0 Å². The maximum atomic E-state index is 13.7. The van der Waals surface area contributed by atoms with E-state index >= 15 is 0 Å². The Bertz CT molecular complexity index is 2050. The second-order valence-electron chi connectivity index (χ2n) is 21.1. The van der Waals surface area contributed by atoms with Crippen molar-refractivity contribution in [2.75, 3.05) is 263 Å². The number of fused-ring (bicyclic) bond motifs is 1. The third-order valence-corrected chi connectivity index (χ3v) is 14.8. The molecule has 0 radical (unpaired) electrons. The zero-order valence-corrected chi connectivity index (χ0v) is 56.9. The van der Waals surface area contributed by atoms with E-state index in [0.717, 1.165) is 25.0 Å². The molecule has 0 aromatic carbocycles. The van der Waals surface area contributed by atoms with E-state index < -0.39 is 11.4 Å². The fourth-order valence-corrected chi connectivity index (χ4v) is 10.1. The molecule has 556 valence electrons. The number of carbonyl (C=O) groups excluding carboxylic acids is 6. The van der Waals surface area contributed by atoms with Crippen molar-refractivity contribution in [2.24, 2.45) is 15.3 Å². The summed E-state index contributed by atoms with van der Waals surface area (Å²) in [5.74, 6) is -0.505. The van der Waals surface area contributed by atoms with Crippen LogP contribution in [0.2, 0.25) is 0 Å². The fraction of sp³-hybridized carbons (Fsp3) is 0.897. The molecule has 7 amide bonds. The Kier molecular flexibility index (Phi) is 58.4. The van der Waals surface area contributed by atoms with Gasteiger partial charge in [-0.1, -0.05) is 21.8 Å². The molecule has 2 aliphatic heterocycles. The number of rotatable bonds is 72. The van der Waals surface area contributed by atoms with Gasteiger partial charge >= 0.3 is 6.03 Å². The highest BCUT2D eigenvalue weighted by Crippen LogP contribution is 2.33. The van der Waals surface area contributed by atoms with Gasteiger partial charge in [0.25, 0.3) is 0 Å². The molecular weight excluding hydrogens is 1300 g/mol. The number of nitrogens with zero attached hydrogens (tertiary/aromatic N) is 9. The summed E-state index contributed by atoms with van der Waals surface area (Å²) in [4.78, 5) is 84.0. The van der Waals surface area contributed by atoms with Gasteiger partial charge in [0, 0.05) is 104 Å². The lowest BCUT2D eigenvalue weighted by Crippen LogP contribution is -2.59. The van der Waals surface area contributed by atoms with Gasteiger partial charge < -0.3 is 113 Å². The summed E-state index contributed by atoms with van der Waals surface area (Å²) in [7, 11) is 0. The number of hydrogen-bond acceptors (Lipinski definition) is 26. The molecule has 0 spiro atoms. The summed E-state index contributed by atoms with van der Waals surface area (Å²) in [6.45, 7) is 8.55. The van der Waals surface area contributed by atoms with Gasteiger partial charge in [-0.25, -0.2) is 4.79 Å². The Labute approximate surface area is 571 Å². The molecule has 2 fully saturated rings. The first-order valence-corrected chi connectivity index (χ1v) is 34.0. The summed E-state index contributed by atoms with van der Waals surface area (Å²) < 4.78 is 89.3. The van der Waals surface area contributed by atoms with Crippen LogP contribution in [0.5, 0.6) is 0 Å². The van der Waals surface area contributed by atoms with E-state index in [0.29, 0.717) is 150 Å². The second-order valence-corrected chi connectivity index (χ2v) is 22.4. The molecule has 0 aromatic rings. The monoisotopic (exact) mass is 1410 g/mol. The highest BCUT2D eigenvalue weighted by Gasteiger charge is 2.42. The second kappa shape index (κ2) is 64.9. The van der Waals surface area contributed by atoms with Crippen molar-refractivity contribution in [3.05, 3.63) is 31.3 Å². The minimum absolute atomic E-state index is 0.0203. The van der Waals surface area contributed by atoms with Gasteiger partial charge in [-0.2, -0.15) is 11.8 Å². The first kappa shape index (κ1) is 87.3. The molecule has 2 saturated heterocycles. The van der Waals surface area contributed by atoms with Crippen LogP contribution < -0.4 is 37.2 Å². The van der Waals surface area contributed by atoms with Crippen LogP contribution in [0.1, 0.15) is 51.4 Å². The number of azide groups is 3.